The molecule has 148 valence electrons. The Morgan fingerprint density at radius 3 is 1.62 bits per heavy atom. The predicted octanol–water partition coefficient (Wildman–Crippen LogP) is 7.79. The number of hydrogen-bond donors (Lipinski definition) is 0. The molecule has 0 spiro atoms. The van der Waals surface area contributed by atoms with Gasteiger partial charge in [0.15, 0.2) is 5.75 Å². The first-order valence-corrected chi connectivity index (χ1v) is 13.2. The standard InChI is InChI=1S/2C8H17.C7H8O2.Al/c2*1-3-5-7-8-6-4-2;1-9-7-5-3-2-4-6(7)8;/h2*1,3-8H2,2H3;2-5,8H,1H3;/q;;;+1/p-1. The lowest BCUT2D eigenvalue weighted by atomic mass is 10.1. The molecule has 0 saturated carbocycles. The van der Waals surface area contributed by atoms with Gasteiger partial charge < -0.3 is 8.53 Å². The van der Waals surface area contributed by atoms with Crippen LogP contribution in [0, 0.1) is 0 Å². The molecule has 0 bridgehead atoms. The van der Waals surface area contributed by atoms with Gasteiger partial charge in [-0.3, -0.25) is 0 Å². The van der Waals surface area contributed by atoms with Crippen molar-refractivity contribution in [2.45, 2.75) is 101 Å². The maximum Gasteiger partial charge on any atom is 0.546 e. The lowest BCUT2D eigenvalue weighted by molar-refractivity contribution is 0.392. The van der Waals surface area contributed by atoms with E-state index in [0.717, 1.165) is 11.5 Å². The molecule has 2 nitrogen and oxygen atoms in total. The van der Waals surface area contributed by atoms with Crippen LogP contribution in [0.3, 0.4) is 0 Å². The van der Waals surface area contributed by atoms with Crippen LogP contribution in [-0.4, -0.2) is 21.6 Å². The predicted molar refractivity (Wildman–Crippen MR) is 116 cm³/mol. The van der Waals surface area contributed by atoms with E-state index in [1.54, 1.807) is 7.11 Å². The minimum Gasteiger partial charge on any atom is -0.640 e. The molecule has 0 amide bonds. The summed E-state index contributed by atoms with van der Waals surface area (Å²) in [6.45, 7) is 4.56. The highest BCUT2D eigenvalue weighted by Gasteiger charge is 2.23. The fourth-order valence-corrected chi connectivity index (χ4v) is 6.03. The van der Waals surface area contributed by atoms with Crippen molar-refractivity contribution in [2.75, 3.05) is 7.11 Å². The second-order valence-electron chi connectivity index (χ2n) is 7.50. The topological polar surface area (TPSA) is 18.5 Å². The highest BCUT2D eigenvalue weighted by atomic mass is 27.2. The largest absolute Gasteiger partial charge is 0.640 e. The summed E-state index contributed by atoms with van der Waals surface area (Å²) in [5.41, 5.74) is 0. The van der Waals surface area contributed by atoms with Gasteiger partial charge in [-0.1, -0.05) is 114 Å². The van der Waals surface area contributed by atoms with E-state index in [0.29, 0.717) is 0 Å². The molecule has 1 rings (SSSR count). The molecule has 0 fully saturated rings. The Morgan fingerprint density at radius 1 is 0.654 bits per heavy atom. The Balaban J connectivity index is 2.41. The zero-order valence-corrected chi connectivity index (χ0v) is 18.8. The summed E-state index contributed by atoms with van der Waals surface area (Å²) in [5.74, 6) is 1.85. The molecular weight excluding hydrogens is 335 g/mol. The minimum atomic E-state index is -1.20. The number of unbranched alkanes of at least 4 members (excludes halogenated alkanes) is 10. The van der Waals surface area contributed by atoms with Crippen molar-refractivity contribution < 1.29 is 8.53 Å². The van der Waals surface area contributed by atoms with Crippen molar-refractivity contribution in [3.63, 3.8) is 0 Å². The quantitative estimate of drug-likeness (QED) is 0.204. The van der Waals surface area contributed by atoms with Gasteiger partial charge in [-0.15, -0.1) is 0 Å². The molecule has 26 heavy (non-hydrogen) atoms. The number of benzene rings is 1. The summed E-state index contributed by atoms with van der Waals surface area (Å²) in [7, 11) is 1.74. The minimum absolute atomic E-state index is 0.885. The van der Waals surface area contributed by atoms with Gasteiger partial charge in [-0.2, -0.15) is 0 Å². The molecule has 1 aromatic carbocycles. The Hall–Kier alpha value is -0.648. The molecule has 0 radical (unpaired) electrons. The third kappa shape index (κ3) is 11.1. The van der Waals surface area contributed by atoms with Crippen LogP contribution >= 0.6 is 0 Å². The van der Waals surface area contributed by atoms with Gasteiger partial charge in [0.05, 0.1) is 7.11 Å². The average Bonchev–Trinajstić information content (AvgIpc) is 2.67. The molecule has 0 aliphatic rings. The first-order chi connectivity index (χ1) is 12.8. The number of rotatable bonds is 17. The van der Waals surface area contributed by atoms with Crippen LogP contribution in [0.2, 0.25) is 10.6 Å². The average molecular weight is 377 g/mol. The number of hydrogen-bond acceptors (Lipinski definition) is 2. The maximum absolute atomic E-state index is 6.51. The fourth-order valence-electron chi connectivity index (χ4n) is 3.46. The van der Waals surface area contributed by atoms with E-state index in [1.807, 2.05) is 12.1 Å². The van der Waals surface area contributed by atoms with Gasteiger partial charge >= 0.3 is 14.5 Å². The van der Waals surface area contributed by atoms with Crippen LogP contribution in [0.15, 0.2) is 24.3 Å². The van der Waals surface area contributed by atoms with Gasteiger partial charge in [0.1, 0.15) is 5.75 Å². The molecule has 0 N–H and O–H groups in total. The lowest BCUT2D eigenvalue weighted by Gasteiger charge is -2.17. The number of ether oxygens (including phenoxy) is 1. The van der Waals surface area contributed by atoms with Crippen LogP contribution in [0.25, 0.3) is 0 Å². The summed E-state index contributed by atoms with van der Waals surface area (Å²) >= 11 is -1.20. The summed E-state index contributed by atoms with van der Waals surface area (Å²) in [5, 5.41) is 2.61. The van der Waals surface area contributed by atoms with Crippen molar-refractivity contribution in [1.82, 2.24) is 0 Å². The lowest BCUT2D eigenvalue weighted by Crippen LogP contribution is -2.21. The Labute approximate surface area is 167 Å². The zero-order chi connectivity index (χ0) is 18.9. The Morgan fingerprint density at radius 2 is 1.12 bits per heavy atom. The fraction of sp³-hybridized carbons (Fsp3) is 0.739. The van der Waals surface area contributed by atoms with E-state index in [9.17, 15) is 0 Å². The van der Waals surface area contributed by atoms with Gasteiger partial charge in [0.2, 0.25) is 0 Å². The normalized spacial score (nSPS) is 10.7. The monoisotopic (exact) mass is 376 g/mol. The summed E-state index contributed by atoms with van der Waals surface area (Å²) in [4.78, 5) is 0. The van der Waals surface area contributed by atoms with E-state index in [-0.39, 0.29) is 0 Å². The highest BCUT2D eigenvalue weighted by Crippen LogP contribution is 2.28. The third-order valence-corrected chi connectivity index (χ3v) is 7.81. The molecule has 3 heteroatoms. The summed E-state index contributed by atoms with van der Waals surface area (Å²) in [6, 6.07) is 8.15. The third-order valence-electron chi connectivity index (χ3n) is 5.12. The van der Waals surface area contributed by atoms with Crippen LogP contribution in [0.1, 0.15) is 90.9 Å². The molecular formula is C23H41AlO2. The first kappa shape index (κ1) is 23.4. The van der Waals surface area contributed by atoms with Crippen molar-refractivity contribution >= 4 is 14.5 Å². The van der Waals surface area contributed by atoms with Crippen molar-refractivity contribution in [3.05, 3.63) is 24.3 Å². The molecule has 0 aliphatic heterocycles. The Bertz CT molecular complexity index is 420. The maximum atomic E-state index is 6.51. The van der Waals surface area contributed by atoms with Crippen LogP contribution < -0.4 is 8.53 Å². The smallest absolute Gasteiger partial charge is 0.546 e. The van der Waals surface area contributed by atoms with E-state index in [4.69, 9.17) is 8.53 Å². The number of methoxy groups -OCH3 is 1. The highest BCUT2D eigenvalue weighted by molar-refractivity contribution is 6.52. The van der Waals surface area contributed by atoms with Gasteiger partial charge in [-0.05, 0) is 12.1 Å². The molecule has 0 atom stereocenters. The first-order valence-electron chi connectivity index (χ1n) is 11.1. The van der Waals surface area contributed by atoms with E-state index < -0.39 is 14.5 Å². The molecule has 1 aromatic rings. The van der Waals surface area contributed by atoms with Gasteiger partial charge in [0.25, 0.3) is 0 Å². The van der Waals surface area contributed by atoms with Crippen molar-refractivity contribution in [1.29, 1.82) is 0 Å². The molecule has 0 aliphatic carbocycles. The van der Waals surface area contributed by atoms with Gasteiger partial charge in [0, 0.05) is 0 Å². The second kappa shape index (κ2) is 16.5. The van der Waals surface area contributed by atoms with Crippen molar-refractivity contribution in [3.8, 4) is 11.5 Å². The second-order valence-corrected chi connectivity index (χ2v) is 10.1. The molecule has 0 aromatic heterocycles. The van der Waals surface area contributed by atoms with Crippen molar-refractivity contribution in [2.24, 2.45) is 0 Å². The van der Waals surface area contributed by atoms with Gasteiger partial charge in [-0.25, -0.2) is 0 Å². The van der Waals surface area contributed by atoms with E-state index in [2.05, 4.69) is 26.0 Å². The zero-order valence-electron chi connectivity index (χ0n) is 17.6. The molecule has 0 heterocycles. The van der Waals surface area contributed by atoms with E-state index >= 15 is 0 Å². The SMILES string of the molecule is CCCCCCC[CH2][Al]([CH2]CCCCCCC)[O]c1ccccc1OC. The summed E-state index contributed by atoms with van der Waals surface area (Å²) in [6.07, 6.45) is 16.4. The molecule has 0 saturated heterocycles. The number of para-hydroxylation sites is 2. The summed E-state index contributed by atoms with van der Waals surface area (Å²) < 4.78 is 12.0. The Kier molecular flexibility index (Phi) is 14.9. The van der Waals surface area contributed by atoms with E-state index in [1.165, 1.54) is 87.6 Å². The molecule has 0 unspecified atom stereocenters. The van der Waals surface area contributed by atoms with Crippen LogP contribution in [-0.2, 0) is 0 Å². The van der Waals surface area contributed by atoms with Crippen LogP contribution in [0.5, 0.6) is 11.5 Å². The van der Waals surface area contributed by atoms with Crippen LogP contribution in [0.4, 0.5) is 0 Å².